The maximum Gasteiger partial charge on any atom is 0.335 e. The number of urea groups is 1. The number of carbonyl (C=O) groups is 3. The van der Waals surface area contributed by atoms with E-state index in [-0.39, 0.29) is 11.3 Å². The molecule has 1 saturated heterocycles. The highest BCUT2D eigenvalue weighted by atomic mass is 19.1. The fraction of sp³-hybridized carbons (Fsp3) is 0.190. The summed E-state index contributed by atoms with van der Waals surface area (Å²) in [5.74, 6) is -1.12. The highest BCUT2D eigenvalue weighted by molar-refractivity contribution is 6.39. The lowest BCUT2D eigenvalue weighted by atomic mass is 10.1. The van der Waals surface area contributed by atoms with Gasteiger partial charge < -0.3 is 9.47 Å². The summed E-state index contributed by atoms with van der Waals surface area (Å²) in [7, 11) is 0. The lowest BCUT2D eigenvalue weighted by Crippen LogP contribution is -2.54. The Bertz CT molecular complexity index is 985. The number of hydrogen-bond acceptors (Lipinski definition) is 5. The first-order valence-corrected chi connectivity index (χ1v) is 9.01. The third kappa shape index (κ3) is 4.26. The highest BCUT2D eigenvalue weighted by Crippen LogP contribution is 2.30. The van der Waals surface area contributed by atoms with E-state index in [1.54, 1.807) is 18.2 Å². The van der Waals surface area contributed by atoms with Crippen molar-refractivity contribution in [3.8, 4) is 11.5 Å². The molecule has 1 N–H and O–H groups in total. The van der Waals surface area contributed by atoms with Crippen LogP contribution in [0.15, 0.2) is 48.0 Å². The molecule has 150 valence electrons. The lowest BCUT2D eigenvalue weighted by molar-refractivity contribution is -0.122. The van der Waals surface area contributed by atoms with E-state index in [4.69, 9.17) is 9.47 Å². The Hall–Kier alpha value is -3.68. The summed E-state index contributed by atoms with van der Waals surface area (Å²) < 4.78 is 24.2. The molecule has 0 aliphatic carbocycles. The van der Waals surface area contributed by atoms with Gasteiger partial charge in [-0.25, -0.2) is 14.1 Å². The molecule has 0 bridgehead atoms. The van der Waals surface area contributed by atoms with Crippen molar-refractivity contribution in [2.24, 2.45) is 0 Å². The number of amides is 4. The second-order valence-electron chi connectivity index (χ2n) is 6.01. The van der Waals surface area contributed by atoms with Gasteiger partial charge in [0.2, 0.25) is 0 Å². The van der Waals surface area contributed by atoms with E-state index < -0.39 is 23.7 Å². The zero-order valence-corrected chi connectivity index (χ0v) is 15.9. The van der Waals surface area contributed by atoms with Crippen molar-refractivity contribution < 1.29 is 28.2 Å². The molecule has 4 amide bonds. The molecular formula is C21H19FN2O5. The van der Waals surface area contributed by atoms with Crippen LogP contribution in [-0.4, -0.2) is 31.1 Å². The predicted octanol–water partition coefficient (Wildman–Crippen LogP) is 3.29. The van der Waals surface area contributed by atoms with Crippen LogP contribution in [0.1, 0.15) is 19.4 Å². The van der Waals surface area contributed by atoms with E-state index in [0.29, 0.717) is 30.3 Å². The Balaban J connectivity index is 1.98. The first-order chi connectivity index (χ1) is 13.9. The molecule has 8 heteroatoms. The fourth-order valence-corrected chi connectivity index (χ4v) is 2.81. The number of carbonyl (C=O) groups excluding carboxylic acids is 3. The minimum Gasteiger partial charge on any atom is -0.490 e. The molecule has 0 atom stereocenters. The largest absolute Gasteiger partial charge is 0.490 e. The van der Waals surface area contributed by atoms with Crippen LogP contribution in [0.25, 0.3) is 6.08 Å². The SMILES string of the molecule is CCOc1ccc(/C=C2\C(=O)NC(=O)N(c3ccc(F)cc3)C2=O)cc1OCC. The Morgan fingerprint density at radius 2 is 1.62 bits per heavy atom. The van der Waals surface area contributed by atoms with Crippen LogP contribution >= 0.6 is 0 Å². The molecule has 0 aromatic heterocycles. The molecule has 0 unspecified atom stereocenters. The van der Waals surface area contributed by atoms with Crippen molar-refractivity contribution in [2.75, 3.05) is 18.1 Å². The van der Waals surface area contributed by atoms with Crippen molar-refractivity contribution in [2.45, 2.75) is 13.8 Å². The van der Waals surface area contributed by atoms with Crippen LogP contribution in [-0.2, 0) is 9.59 Å². The average molecular weight is 398 g/mol. The summed E-state index contributed by atoms with van der Waals surface area (Å²) in [4.78, 5) is 38.1. The Kier molecular flexibility index (Phi) is 5.92. The number of nitrogens with zero attached hydrogens (tertiary/aromatic N) is 1. The van der Waals surface area contributed by atoms with Gasteiger partial charge in [0.1, 0.15) is 11.4 Å². The molecule has 3 rings (SSSR count). The number of halogens is 1. The van der Waals surface area contributed by atoms with Crippen molar-refractivity contribution in [1.82, 2.24) is 5.32 Å². The van der Waals surface area contributed by atoms with Gasteiger partial charge in [-0.3, -0.25) is 14.9 Å². The van der Waals surface area contributed by atoms with Crippen LogP contribution in [0.5, 0.6) is 11.5 Å². The van der Waals surface area contributed by atoms with E-state index in [0.717, 1.165) is 17.0 Å². The van der Waals surface area contributed by atoms with Crippen LogP contribution in [0.3, 0.4) is 0 Å². The van der Waals surface area contributed by atoms with Gasteiger partial charge in [-0.15, -0.1) is 0 Å². The number of benzene rings is 2. The standard InChI is InChI=1S/C21H19FN2O5/c1-3-28-17-10-5-13(12-18(17)29-4-2)11-16-19(25)23-21(27)24(20(16)26)15-8-6-14(22)7-9-15/h5-12H,3-4H2,1-2H3,(H,23,25,27)/b16-11+. The summed E-state index contributed by atoms with van der Waals surface area (Å²) in [6.07, 6.45) is 1.36. The normalized spacial score (nSPS) is 15.5. The average Bonchev–Trinajstić information content (AvgIpc) is 2.69. The molecule has 0 radical (unpaired) electrons. The van der Waals surface area contributed by atoms with E-state index >= 15 is 0 Å². The molecule has 2 aromatic rings. The van der Waals surface area contributed by atoms with Gasteiger partial charge in [0.25, 0.3) is 11.8 Å². The number of anilines is 1. The van der Waals surface area contributed by atoms with Crippen LogP contribution in [0.4, 0.5) is 14.9 Å². The van der Waals surface area contributed by atoms with Gasteiger partial charge in [0.15, 0.2) is 11.5 Å². The summed E-state index contributed by atoms with van der Waals surface area (Å²) in [6, 6.07) is 8.89. The summed E-state index contributed by atoms with van der Waals surface area (Å²) in [5, 5.41) is 2.12. The fourth-order valence-electron chi connectivity index (χ4n) is 2.81. The number of nitrogens with one attached hydrogen (secondary N) is 1. The van der Waals surface area contributed by atoms with Crippen LogP contribution in [0.2, 0.25) is 0 Å². The van der Waals surface area contributed by atoms with Gasteiger partial charge in [-0.1, -0.05) is 6.07 Å². The molecular weight excluding hydrogens is 379 g/mol. The maximum absolute atomic E-state index is 13.2. The van der Waals surface area contributed by atoms with Crippen LogP contribution < -0.4 is 19.7 Å². The van der Waals surface area contributed by atoms with Gasteiger partial charge in [-0.2, -0.15) is 0 Å². The van der Waals surface area contributed by atoms with Crippen molar-refractivity contribution in [3.63, 3.8) is 0 Å². The number of rotatable bonds is 6. The Morgan fingerprint density at radius 1 is 0.966 bits per heavy atom. The van der Waals surface area contributed by atoms with Gasteiger partial charge in [-0.05, 0) is 61.9 Å². The minimum absolute atomic E-state index is 0.147. The first-order valence-electron chi connectivity index (χ1n) is 9.01. The van der Waals surface area contributed by atoms with Crippen molar-refractivity contribution in [3.05, 3.63) is 59.4 Å². The second-order valence-corrected chi connectivity index (χ2v) is 6.01. The first kappa shape index (κ1) is 20.1. The van der Waals surface area contributed by atoms with E-state index in [1.165, 1.54) is 18.2 Å². The third-order valence-electron chi connectivity index (χ3n) is 4.06. The molecule has 1 aliphatic heterocycles. The maximum atomic E-state index is 13.2. The molecule has 1 fully saturated rings. The quantitative estimate of drug-likeness (QED) is 0.596. The number of imide groups is 2. The Labute approximate surface area is 166 Å². The molecule has 0 saturated carbocycles. The lowest BCUT2D eigenvalue weighted by Gasteiger charge is -2.26. The van der Waals surface area contributed by atoms with E-state index in [9.17, 15) is 18.8 Å². The monoisotopic (exact) mass is 398 g/mol. The van der Waals surface area contributed by atoms with Gasteiger partial charge >= 0.3 is 6.03 Å². The van der Waals surface area contributed by atoms with Crippen molar-refractivity contribution >= 4 is 29.6 Å². The van der Waals surface area contributed by atoms with Gasteiger partial charge in [0.05, 0.1) is 18.9 Å². The zero-order valence-electron chi connectivity index (χ0n) is 15.9. The predicted molar refractivity (Wildman–Crippen MR) is 104 cm³/mol. The summed E-state index contributed by atoms with van der Waals surface area (Å²) in [5.41, 5.74) is 0.429. The summed E-state index contributed by atoms with van der Waals surface area (Å²) in [6.45, 7) is 4.53. The van der Waals surface area contributed by atoms with Crippen molar-refractivity contribution in [1.29, 1.82) is 0 Å². The number of barbiturate groups is 1. The molecule has 7 nitrogen and oxygen atoms in total. The zero-order chi connectivity index (χ0) is 21.0. The van der Waals surface area contributed by atoms with E-state index in [2.05, 4.69) is 5.32 Å². The molecule has 0 spiro atoms. The molecule has 29 heavy (non-hydrogen) atoms. The Morgan fingerprint density at radius 3 is 2.28 bits per heavy atom. The third-order valence-corrected chi connectivity index (χ3v) is 4.06. The van der Waals surface area contributed by atoms with Gasteiger partial charge in [0, 0.05) is 0 Å². The van der Waals surface area contributed by atoms with Crippen LogP contribution in [0, 0.1) is 5.82 Å². The summed E-state index contributed by atoms with van der Waals surface area (Å²) >= 11 is 0. The van der Waals surface area contributed by atoms with E-state index in [1.807, 2.05) is 13.8 Å². The number of hydrogen-bond donors (Lipinski definition) is 1. The number of ether oxygens (including phenoxy) is 2. The molecule has 1 aliphatic rings. The second kappa shape index (κ2) is 8.55. The molecule has 2 aromatic carbocycles. The highest BCUT2D eigenvalue weighted by Gasteiger charge is 2.36. The molecule has 1 heterocycles. The topological polar surface area (TPSA) is 84.9 Å². The minimum atomic E-state index is -0.898. The smallest absolute Gasteiger partial charge is 0.335 e.